The van der Waals surface area contributed by atoms with Gasteiger partial charge in [-0.1, -0.05) is 13.8 Å². The minimum atomic E-state index is 0.0140. The zero-order valence-corrected chi connectivity index (χ0v) is 15.3. The summed E-state index contributed by atoms with van der Waals surface area (Å²) in [6.45, 7) is 5.51. The molecule has 0 atom stereocenters. The molecule has 6 nitrogen and oxygen atoms in total. The lowest BCUT2D eigenvalue weighted by Gasteiger charge is -2.27. The molecule has 0 aromatic carbocycles. The SMILES string of the molecule is CCc1nnc(NCC(=O)N2CCc3sccc3C2)c(C#N)c1CC. The number of nitrogens with one attached hydrogen (secondary N) is 1. The van der Waals surface area contributed by atoms with E-state index < -0.39 is 0 Å². The monoisotopic (exact) mass is 355 g/mol. The second-order valence-electron chi connectivity index (χ2n) is 5.96. The summed E-state index contributed by atoms with van der Waals surface area (Å²) in [5.74, 6) is 0.415. The van der Waals surface area contributed by atoms with Gasteiger partial charge in [0.25, 0.3) is 0 Å². The summed E-state index contributed by atoms with van der Waals surface area (Å²) in [5, 5.41) is 22.9. The topological polar surface area (TPSA) is 81.9 Å². The number of nitrogens with zero attached hydrogens (tertiary/aromatic N) is 4. The molecule has 0 saturated carbocycles. The van der Waals surface area contributed by atoms with Crippen LogP contribution in [0, 0.1) is 11.3 Å². The number of hydrogen-bond donors (Lipinski definition) is 1. The second kappa shape index (κ2) is 7.62. The molecule has 1 amide bonds. The summed E-state index contributed by atoms with van der Waals surface area (Å²) in [6, 6.07) is 4.30. The number of aryl methyl sites for hydroxylation is 1. The Morgan fingerprint density at radius 1 is 1.40 bits per heavy atom. The Morgan fingerprint density at radius 3 is 2.96 bits per heavy atom. The zero-order valence-electron chi connectivity index (χ0n) is 14.5. The summed E-state index contributed by atoms with van der Waals surface area (Å²) in [5.41, 5.74) is 3.50. The van der Waals surface area contributed by atoms with Crippen molar-refractivity contribution in [3.8, 4) is 6.07 Å². The largest absolute Gasteiger partial charge is 0.358 e. The molecule has 1 N–H and O–H groups in total. The van der Waals surface area contributed by atoms with Crippen LogP contribution in [0.15, 0.2) is 11.4 Å². The number of aromatic nitrogens is 2. The highest BCUT2D eigenvalue weighted by Gasteiger charge is 2.22. The Kier molecular flexibility index (Phi) is 5.29. The first-order chi connectivity index (χ1) is 12.2. The number of fused-ring (bicyclic) bond motifs is 1. The first kappa shape index (κ1) is 17.4. The van der Waals surface area contributed by atoms with Crippen LogP contribution in [-0.4, -0.2) is 34.1 Å². The highest BCUT2D eigenvalue weighted by molar-refractivity contribution is 7.10. The lowest BCUT2D eigenvalue weighted by Crippen LogP contribution is -2.39. The number of carbonyl (C=O) groups is 1. The van der Waals surface area contributed by atoms with Crippen LogP contribution >= 0.6 is 11.3 Å². The highest BCUT2D eigenvalue weighted by atomic mass is 32.1. The predicted molar refractivity (Wildman–Crippen MR) is 97.4 cm³/mol. The molecule has 2 aromatic rings. The standard InChI is InChI=1S/C18H21N5OS/c1-3-13-14(9-19)18(22-21-15(13)4-2)20-10-17(24)23-7-5-16-12(11-23)6-8-25-16/h6,8H,3-5,7,10-11H2,1-2H3,(H,20,22). The molecule has 1 aliphatic heterocycles. The minimum absolute atomic E-state index is 0.0140. The van der Waals surface area contributed by atoms with Gasteiger partial charge in [-0.15, -0.1) is 16.4 Å². The number of hydrogen-bond acceptors (Lipinski definition) is 6. The lowest BCUT2D eigenvalue weighted by atomic mass is 10.0. The summed E-state index contributed by atoms with van der Waals surface area (Å²) >= 11 is 1.75. The molecule has 0 radical (unpaired) electrons. The zero-order chi connectivity index (χ0) is 17.8. The van der Waals surface area contributed by atoms with Crippen LogP contribution in [-0.2, 0) is 30.6 Å². The Hall–Kier alpha value is -2.46. The van der Waals surface area contributed by atoms with Crippen molar-refractivity contribution in [3.05, 3.63) is 38.7 Å². The van der Waals surface area contributed by atoms with Gasteiger partial charge in [0.15, 0.2) is 5.82 Å². The molecule has 0 unspecified atom stereocenters. The smallest absolute Gasteiger partial charge is 0.242 e. The van der Waals surface area contributed by atoms with E-state index in [1.807, 2.05) is 18.7 Å². The third kappa shape index (κ3) is 3.49. The van der Waals surface area contributed by atoms with Crippen molar-refractivity contribution in [1.29, 1.82) is 5.26 Å². The molecule has 0 aliphatic carbocycles. The van der Waals surface area contributed by atoms with Gasteiger partial charge in [0, 0.05) is 18.0 Å². The van der Waals surface area contributed by atoms with E-state index in [0.717, 1.165) is 37.1 Å². The van der Waals surface area contributed by atoms with Gasteiger partial charge in [-0.3, -0.25) is 4.79 Å². The van der Waals surface area contributed by atoms with E-state index in [4.69, 9.17) is 0 Å². The minimum Gasteiger partial charge on any atom is -0.358 e. The molecule has 1 aliphatic rings. The Bertz CT molecular complexity index is 823. The second-order valence-corrected chi connectivity index (χ2v) is 6.96. The quantitative estimate of drug-likeness (QED) is 0.891. The normalized spacial score (nSPS) is 13.2. The average Bonchev–Trinajstić information content (AvgIpc) is 3.12. The van der Waals surface area contributed by atoms with Crippen molar-refractivity contribution in [2.45, 2.75) is 39.7 Å². The van der Waals surface area contributed by atoms with Crippen LogP contribution < -0.4 is 5.32 Å². The van der Waals surface area contributed by atoms with Gasteiger partial charge in [0.1, 0.15) is 11.6 Å². The molecule has 0 bridgehead atoms. The van der Waals surface area contributed by atoms with E-state index in [2.05, 4.69) is 33.0 Å². The van der Waals surface area contributed by atoms with Gasteiger partial charge in [-0.25, -0.2) is 0 Å². The Morgan fingerprint density at radius 2 is 2.24 bits per heavy atom. The van der Waals surface area contributed by atoms with Crippen molar-refractivity contribution in [2.75, 3.05) is 18.4 Å². The average molecular weight is 355 g/mol. The number of anilines is 1. The maximum atomic E-state index is 12.5. The fraction of sp³-hybridized carbons (Fsp3) is 0.444. The molecule has 130 valence electrons. The van der Waals surface area contributed by atoms with Crippen molar-refractivity contribution in [3.63, 3.8) is 0 Å². The van der Waals surface area contributed by atoms with Crippen LogP contribution in [0.3, 0.4) is 0 Å². The highest BCUT2D eigenvalue weighted by Crippen LogP contribution is 2.24. The molecule has 2 aromatic heterocycles. The van der Waals surface area contributed by atoms with Crippen molar-refractivity contribution in [1.82, 2.24) is 15.1 Å². The fourth-order valence-corrected chi connectivity index (χ4v) is 4.04. The van der Waals surface area contributed by atoms with E-state index in [1.165, 1.54) is 10.4 Å². The van der Waals surface area contributed by atoms with Gasteiger partial charge in [-0.05, 0) is 41.8 Å². The van der Waals surface area contributed by atoms with Crippen LogP contribution in [0.1, 0.15) is 41.1 Å². The lowest BCUT2D eigenvalue weighted by molar-refractivity contribution is -0.130. The van der Waals surface area contributed by atoms with Crippen molar-refractivity contribution >= 4 is 23.1 Å². The number of rotatable bonds is 5. The molecular formula is C18H21N5OS. The number of thiophene rings is 1. The van der Waals surface area contributed by atoms with Crippen LogP contribution in [0.4, 0.5) is 5.82 Å². The Labute approximate surface area is 151 Å². The van der Waals surface area contributed by atoms with E-state index in [9.17, 15) is 10.1 Å². The fourth-order valence-electron chi connectivity index (χ4n) is 3.15. The van der Waals surface area contributed by atoms with Gasteiger partial charge in [0.05, 0.1) is 12.2 Å². The number of carbonyl (C=O) groups excluding carboxylic acids is 1. The first-order valence-corrected chi connectivity index (χ1v) is 9.41. The molecule has 7 heteroatoms. The molecule has 0 fully saturated rings. The van der Waals surface area contributed by atoms with Crippen LogP contribution in [0.2, 0.25) is 0 Å². The summed E-state index contributed by atoms with van der Waals surface area (Å²) in [7, 11) is 0. The predicted octanol–water partition coefficient (Wildman–Crippen LogP) is 2.53. The van der Waals surface area contributed by atoms with Gasteiger partial charge >= 0.3 is 0 Å². The van der Waals surface area contributed by atoms with E-state index in [1.54, 1.807) is 11.3 Å². The van der Waals surface area contributed by atoms with Crippen LogP contribution in [0.25, 0.3) is 0 Å². The van der Waals surface area contributed by atoms with Crippen LogP contribution in [0.5, 0.6) is 0 Å². The van der Waals surface area contributed by atoms with E-state index in [0.29, 0.717) is 17.9 Å². The number of amides is 1. The van der Waals surface area contributed by atoms with Gasteiger partial charge < -0.3 is 10.2 Å². The third-order valence-electron chi connectivity index (χ3n) is 4.53. The van der Waals surface area contributed by atoms with Gasteiger partial charge in [0.2, 0.25) is 5.91 Å². The maximum absolute atomic E-state index is 12.5. The van der Waals surface area contributed by atoms with E-state index >= 15 is 0 Å². The summed E-state index contributed by atoms with van der Waals surface area (Å²) < 4.78 is 0. The molecule has 0 saturated heterocycles. The molecule has 3 rings (SSSR count). The molecule has 3 heterocycles. The molecule has 0 spiro atoms. The van der Waals surface area contributed by atoms with Crippen molar-refractivity contribution in [2.24, 2.45) is 0 Å². The Balaban J connectivity index is 1.70. The number of nitriles is 1. The summed E-state index contributed by atoms with van der Waals surface area (Å²) in [6.07, 6.45) is 2.37. The first-order valence-electron chi connectivity index (χ1n) is 8.53. The molecule has 25 heavy (non-hydrogen) atoms. The van der Waals surface area contributed by atoms with Crippen molar-refractivity contribution < 1.29 is 4.79 Å². The van der Waals surface area contributed by atoms with Gasteiger partial charge in [-0.2, -0.15) is 10.4 Å². The maximum Gasteiger partial charge on any atom is 0.242 e. The molecular weight excluding hydrogens is 334 g/mol. The van der Waals surface area contributed by atoms with E-state index in [-0.39, 0.29) is 12.5 Å². The summed E-state index contributed by atoms with van der Waals surface area (Å²) in [4.78, 5) is 15.7. The third-order valence-corrected chi connectivity index (χ3v) is 5.55.